The van der Waals surface area contributed by atoms with Gasteiger partial charge >= 0.3 is 0 Å². The molecule has 1 aliphatic heterocycles. The third kappa shape index (κ3) is 3.30. The molecule has 19 heavy (non-hydrogen) atoms. The number of likely N-dealkylation sites (tertiary alicyclic amines) is 1. The number of nitro groups is 1. The minimum Gasteiger partial charge on any atom is -0.302 e. The predicted octanol–water partition coefficient (Wildman–Crippen LogP) is 2.80. The normalized spacial score (nSPS) is 20.2. The van der Waals surface area contributed by atoms with Gasteiger partial charge in [-0.2, -0.15) is 0 Å². The zero-order chi connectivity index (χ0) is 13.8. The molecule has 1 atom stereocenters. The zero-order valence-electron chi connectivity index (χ0n) is 10.4. The Morgan fingerprint density at radius 2 is 2.26 bits per heavy atom. The maximum Gasteiger partial charge on any atom is 0.273 e. The fourth-order valence-electron chi connectivity index (χ4n) is 2.44. The third-order valence-corrected chi connectivity index (χ3v) is 3.67. The van der Waals surface area contributed by atoms with Crippen LogP contribution in [0.3, 0.4) is 0 Å². The summed E-state index contributed by atoms with van der Waals surface area (Å²) in [5, 5.41) is 11.5. The van der Waals surface area contributed by atoms with Crippen LogP contribution >= 0.6 is 11.6 Å². The van der Waals surface area contributed by atoms with Crippen molar-refractivity contribution >= 4 is 23.6 Å². The molecule has 5 nitrogen and oxygen atoms in total. The summed E-state index contributed by atoms with van der Waals surface area (Å²) >= 11 is 5.90. The molecule has 0 aromatic heterocycles. The Morgan fingerprint density at radius 1 is 1.47 bits per heavy atom. The molecule has 0 bridgehead atoms. The molecule has 2 rings (SSSR count). The lowest BCUT2D eigenvalue weighted by atomic mass is 10.0. The first kappa shape index (κ1) is 14.0. The van der Waals surface area contributed by atoms with E-state index in [-0.39, 0.29) is 11.7 Å². The number of carbonyl (C=O) groups excluding carboxylic acids is 1. The average molecular weight is 283 g/mol. The van der Waals surface area contributed by atoms with Gasteiger partial charge in [0.2, 0.25) is 0 Å². The van der Waals surface area contributed by atoms with Crippen molar-refractivity contribution in [1.82, 2.24) is 4.90 Å². The van der Waals surface area contributed by atoms with Gasteiger partial charge in [-0.05, 0) is 31.5 Å². The molecule has 1 saturated heterocycles. The van der Waals surface area contributed by atoms with Crippen LogP contribution in [-0.2, 0) is 11.3 Å². The van der Waals surface area contributed by atoms with Gasteiger partial charge < -0.3 is 4.79 Å². The fraction of sp³-hybridized carbons (Fsp3) is 0.462. The number of piperidine rings is 1. The Labute approximate surface area is 116 Å². The average Bonchev–Trinajstić information content (AvgIpc) is 2.39. The van der Waals surface area contributed by atoms with E-state index in [1.165, 1.54) is 12.1 Å². The lowest BCUT2D eigenvalue weighted by Crippen LogP contribution is -2.39. The van der Waals surface area contributed by atoms with E-state index in [0.717, 1.165) is 32.1 Å². The number of halogens is 1. The number of nitrogens with zero attached hydrogens (tertiary/aromatic N) is 2. The minimum atomic E-state index is -0.411. The molecule has 0 spiro atoms. The van der Waals surface area contributed by atoms with Crippen LogP contribution in [0.15, 0.2) is 18.2 Å². The van der Waals surface area contributed by atoms with Gasteiger partial charge in [0.15, 0.2) is 0 Å². The first-order valence-corrected chi connectivity index (χ1v) is 6.62. The molecule has 1 aromatic carbocycles. The van der Waals surface area contributed by atoms with Gasteiger partial charge in [0.25, 0.3) is 5.69 Å². The minimum absolute atomic E-state index is 0.0552. The summed E-state index contributed by atoms with van der Waals surface area (Å²) in [6.45, 7) is 1.17. The standard InChI is InChI=1S/C13H15ClN2O3/c14-11-4-5-13(16(18)19)10(7-11)8-15-6-2-1-3-12(15)9-17/h4-5,7,9,12H,1-3,6,8H2. The van der Waals surface area contributed by atoms with Crippen molar-refractivity contribution in [3.8, 4) is 0 Å². The number of nitro benzene ring substituents is 1. The second-order valence-corrected chi connectivity index (χ2v) is 5.14. The van der Waals surface area contributed by atoms with Crippen LogP contribution in [0, 0.1) is 10.1 Å². The van der Waals surface area contributed by atoms with Gasteiger partial charge in [-0.25, -0.2) is 0 Å². The molecule has 102 valence electrons. The highest BCUT2D eigenvalue weighted by atomic mass is 35.5. The van der Waals surface area contributed by atoms with E-state index in [4.69, 9.17) is 11.6 Å². The van der Waals surface area contributed by atoms with E-state index in [1.54, 1.807) is 6.07 Å². The summed E-state index contributed by atoms with van der Waals surface area (Å²) in [6, 6.07) is 4.39. The highest BCUT2D eigenvalue weighted by Crippen LogP contribution is 2.26. The monoisotopic (exact) mass is 282 g/mol. The number of hydrogen-bond donors (Lipinski definition) is 0. The Kier molecular flexibility index (Phi) is 4.50. The summed E-state index contributed by atoms with van der Waals surface area (Å²) < 4.78 is 0. The van der Waals surface area contributed by atoms with Crippen LogP contribution in [0.2, 0.25) is 5.02 Å². The molecule has 1 heterocycles. The van der Waals surface area contributed by atoms with E-state index in [1.807, 2.05) is 4.90 Å². The van der Waals surface area contributed by atoms with Crippen molar-refractivity contribution in [1.29, 1.82) is 0 Å². The second kappa shape index (κ2) is 6.12. The molecule has 0 saturated carbocycles. The second-order valence-electron chi connectivity index (χ2n) is 4.70. The Hall–Kier alpha value is -1.46. The highest BCUT2D eigenvalue weighted by molar-refractivity contribution is 6.30. The van der Waals surface area contributed by atoms with E-state index in [2.05, 4.69) is 0 Å². The van der Waals surface area contributed by atoms with Crippen molar-refractivity contribution in [2.45, 2.75) is 31.8 Å². The molecule has 0 aliphatic carbocycles. The van der Waals surface area contributed by atoms with Gasteiger partial charge in [-0.3, -0.25) is 15.0 Å². The summed E-state index contributed by atoms with van der Waals surface area (Å²) in [6.07, 6.45) is 3.78. The number of aldehydes is 1. The Morgan fingerprint density at radius 3 is 2.95 bits per heavy atom. The quantitative estimate of drug-likeness (QED) is 0.484. The maximum atomic E-state index is 11.0. The van der Waals surface area contributed by atoms with E-state index in [9.17, 15) is 14.9 Å². The van der Waals surface area contributed by atoms with Crippen LogP contribution in [0.4, 0.5) is 5.69 Å². The van der Waals surface area contributed by atoms with Gasteiger partial charge in [0.05, 0.1) is 11.0 Å². The zero-order valence-corrected chi connectivity index (χ0v) is 11.2. The fourth-order valence-corrected chi connectivity index (χ4v) is 2.64. The first-order valence-electron chi connectivity index (χ1n) is 6.24. The van der Waals surface area contributed by atoms with Crippen LogP contribution in [0.1, 0.15) is 24.8 Å². The van der Waals surface area contributed by atoms with Gasteiger partial charge in [-0.15, -0.1) is 0 Å². The molecular weight excluding hydrogens is 268 g/mol. The predicted molar refractivity (Wildman–Crippen MR) is 72.2 cm³/mol. The highest BCUT2D eigenvalue weighted by Gasteiger charge is 2.24. The van der Waals surface area contributed by atoms with Gasteiger partial charge in [-0.1, -0.05) is 18.0 Å². The number of rotatable bonds is 4. The Balaban J connectivity index is 2.23. The van der Waals surface area contributed by atoms with Crippen LogP contribution in [0.5, 0.6) is 0 Å². The van der Waals surface area contributed by atoms with E-state index >= 15 is 0 Å². The molecule has 0 amide bonds. The molecule has 1 fully saturated rings. The lowest BCUT2D eigenvalue weighted by molar-refractivity contribution is -0.385. The molecule has 1 aliphatic rings. The van der Waals surface area contributed by atoms with E-state index < -0.39 is 4.92 Å². The summed E-state index contributed by atoms with van der Waals surface area (Å²) in [5.41, 5.74) is 0.617. The van der Waals surface area contributed by atoms with Crippen molar-refractivity contribution < 1.29 is 9.72 Å². The SMILES string of the molecule is O=CC1CCCCN1Cc1cc(Cl)ccc1[N+](=O)[O-]. The molecular formula is C13H15ClN2O3. The Bertz CT molecular complexity index is 493. The lowest BCUT2D eigenvalue weighted by Gasteiger charge is -2.32. The number of hydrogen-bond acceptors (Lipinski definition) is 4. The largest absolute Gasteiger partial charge is 0.302 e. The van der Waals surface area contributed by atoms with Crippen LogP contribution in [-0.4, -0.2) is 28.7 Å². The summed E-state index contributed by atoms with van der Waals surface area (Å²) in [4.78, 5) is 23.6. The van der Waals surface area contributed by atoms with Crippen molar-refractivity contribution in [2.75, 3.05) is 6.54 Å². The van der Waals surface area contributed by atoms with Crippen LogP contribution < -0.4 is 0 Å². The molecule has 1 aromatic rings. The van der Waals surface area contributed by atoms with Crippen LogP contribution in [0.25, 0.3) is 0 Å². The third-order valence-electron chi connectivity index (χ3n) is 3.43. The molecule has 1 unspecified atom stereocenters. The van der Waals surface area contributed by atoms with Crippen molar-refractivity contribution in [3.63, 3.8) is 0 Å². The summed E-state index contributed by atoms with van der Waals surface area (Å²) in [5.74, 6) is 0. The smallest absolute Gasteiger partial charge is 0.273 e. The molecule has 0 N–H and O–H groups in total. The van der Waals surface area contributed by atoms with Gasteiger partial charge in [0, 0.05) is 23.2 Å². The van der Waals surface area contributed by atoms with E-state index in [0.29, 0.717) is 17.1 Å². The first-order chi connectivity index (χ1) is 9.11. The molecule has 0 radical (unpaired) electrons. The topological polar surface area (TPSA) is 63.5 Å². The van der Waals surface area contributed by atoms with Crippen molar-refractivity contribution in [2.24, 2.45) is 0 Å². The number of benzene rings is 1. The maximum absolute atomic E-state index is 11.0. The summed E-state index contributed by atoms with van der Waals surface area (Å²) in [7, 11) is 0. The number of carbonyl (C=O) groups is 1. The van der Waals surface area contributed by atoms with Crippen molar-refractivity contribution in [3.05, 3.63) is 38.9 Å². The van der Waals surface area contributed by atoms with Gasteiger partial charge in [0.1, 0.15) is 6.29 Å². The molecule has 6 heteroatoms.